The Kier molecular flexibility index (Phi) is 3.76. The maximum absolute atomic E-state index is 6.76. The Morgan fingerprint density at radius 1 is 0.689 bits per heavy atom. The Morgan fingerprint density at radius 2 is 1.53 bits per heavy atom. The summed E-state index contributed by atoms with van der Waals surface area (Å²) < 4.78 is 16.5. The first-order valence-electron chi connectivity index (χ1n) is 15.1. The van der Waals surface area contributed by atoms with Gasteiger partial charge >= 0.3 is 5.66 Å². The Balaban J connectivity index is 1.23. The van der Waals surface area contributed by atoms with Crippen LogP contribution in [0.25, 0.3) is 64.7 Å². The number of hydrogen-bond donors (Lipinski definition) is 0. The monoisotopic (exact) mass is 595 g/mol. The highest BCUT2D eigenvalue weighted by Gasteiger charge is 2.66. The van der Waals surface area contributed by atoms with Crippen molar-refractivity contribution in [2.75, 3.05) is 0 Å². The van der Waals surface area contributed by atoms with Crippen LogP contribution in [-0.4, -0.2) is 14.5 Å². The first-order valence-corrected chi connectivity index (χ1v) is 16.0. The van der Waals surface area contributed by atoms with Gasteiger partial charge in [0.15, 0.2) is 11.7 Å². The summed E-state index contributed by atoms with van der Waals surface area (Å²) in [5, 5.41) is 10.3. The minimum absolute atomic E-state index is 0.732. The highest BCUT2D eigenvalue weighted by molar-refractivity contribution is 7.25. The van der Waals surface area contributed by atoms with E-state index in [4.69, 9.17) is 9.84 Å². The van der Waals surface area contributed by atoms with E-state index in [1.807, 2.05) is 11.3 Å². The van der Waals surface area contributed by atoms with Gasteiger partial charge in [0.1, 0.15) is 33.8 Å². The number of ether oxygens (including phenoxy) is 1. The van der Waals surface area contributed by atoms with Gasteiger partial charge in [0, 0.05) is 42.6 Å². The SMILES string of the molecule is c1cc2c3c(c1)-n1nc(-c4ccc5sc6ccccc6c5c4)c[n+]1C31c3c(ccc4c5ccccc5n(c34)-c3cccc[n+]31)O2. The zero-order chi connectivity index (χ0) is 29.0. The summed E-state index contributed by atoms with van der Waals surface area (Å²) >= 11 is 1.84. The lowest BCUT2D eigenvalue weighted by Gasteiger charge is -2.34. The predicted molar refractivity (Wildman–Crippen MR) is 175 cm³/mol. The minimum atomic E-state index is -0.732. The van der Waals surface area contributed by atoms with Crippen LogP contribution in [-0.2, 0) is 5.66 Å². The third-order valence-corrected chi connectivity index (χ3v) is 11.2. The third-order valence-electron chi connectivity index (χ3n) is 10.0. The van der Waals surface area contributed by atoms with Gasteiger partial charge in [-0.05, 0) is 71.5 Å². The highest BCUT2D eigenvalue weighted by atomic mass is 32.1. The molecule has 0 saturated heterocycles. The molecule has 3 aliphatic heterocycles. The fourth-order valence-electron chi connectivity index (χ4n) is 8.30. The van der Waals surface area contributed by atoms with Crippen LogP contribution in [0, 0.1) is 0 Å². The molecular weight excluding hydrogens is 575 g/mol. The summed E-state index contributed by atoms with van der Waals surface area (Å²) in [6.07, 6.45) is 4.44. The second kappa shape index (κ2) is 7.46. The molecule has 0 saturated carbocycles. The van der Waals surface area contributed by atoms with Gasteiger partial charge in [-0.25, -0.2) is 0 Å². The van der Waals surface area contributed by atoms with E-state index in [9.17, 15) is 0 Å². The molecule has 208 valence electrons. The first-order chi connectivity index (χ1) is 22.3. The molecule has 7 heteroatoms. The number of thiophene rings is 1. The number of nitrogens with zero attached hydrogens (tertiary/aromatic N) is 5. The minimum Gasteiger partial charge on any atom is -0.456 e. The van der Waals surface area contributed by atoms with Gasteiger partial charge in [-0.15, -0.1) is 11.3 Å². The van der Waals surface area contributed by atoms with E-state index in [0.29, 0.717) is 0 Å². The number of aromatic nitrogens is 5. The fourth-order valence-corrected chi connectivity index (χ4v) is 9.39. The van der Waals surface area contributed by atoms with Gasteiger partial charge in [0.2, 0.25) is 5.69 Å². The summed E-state index contributed by atoms with van der Waals surface area (Å²) in [7, 11) is 0. The van der Waals surface area contributed by atoms with Gasteiger partial charge in [-0.3, -0.25) is 0 Å². The Hall–Kier alpha value is -5.79. The molecule has 1 spiro atoms. The van der Waals surface area contributed by atoms with Crippen LogP contribution in [0.1, 0.15) is 11.1 Å². The largest absolute Gasteiger partial charge is 0.456 e. The molecule has 5 aromatic carbocycles. The van der Waals surface area contributed by atoms with Gasteiger partial charge in [0.25, 0.3) is 5.82 Å². The third kappa shape index (κ3) is 2.44. The second-order valence-electron chi connectivity index (χ2n) is 12.1. The molecule has 45 heavy (non-hydrogen) atoms. The van der Waals surface area contributed by atoms with Crippen molar-refractivity contribution in [3.05, 3.63) is 139 Å². The van der Waals surface area contributed by atoms with E-state index in [-0.39, 0.29) is 0 Å². The molecule has 0 amide bonds. The Bertz CT molecular complexity index is 2820. The second-order valence-corrected chi connectivity index (χ2v) is 13.2. The average molecular weight is 596 g/mol. The summed E-state index contributed by atoms with van der Waals surface area (Å²) in [5.74, 6) is 2.83. The molecule has 1 unspecified atom stereocenters. The molecule has 3 aliphatic rings. The number of hydrogen-bond acceptors (Lipinski definition) is 3. The van der Waals surface area contributed by atoms with Crippen molar-refractivity contribution in [1.29, 1.82) is 0 Å². The lowest BCUT2D eigenvalue weighted by molar-refractivity contribution is -0.995. The molecule has 9 aromatic rings. The molecule has 4 aromatic heterocycles. The van der Waals surface area contributed by atoms with E-state index < -0.39 is 5.66 Å². The Labute approximate surface area is 259 Å². The predicted octanol–water partition coefficient (Wildman–Crippen LogP) is 7.61. The van der Waals surface area contributed by atoms with Crippen LogP contribution in [0.4, 0.5) is 0 Å². The van der Waals surface area contributed by atoms with Crippen molar-refractivity contribution < 1.29 is 14.0 Å². The van der Waals surface area contributed by atoms with Gasteiger partial charge in [-0.2, -0.15) is 9.13 Å². The van der Waals surface area contributed by atoms with Crippen LogP contribution in [0.15, 0.2) is 128 Å². The average Bonchev–Trinajstić information content (AvgIpc) is 3.84. The molecule has 0 bridgehead atoms. The number of benzene rings is 5. The molecule has 0 aliphatic carbocycles. The topological polar surface area (TPSA) is 39.7 Å². The van der Waals surface area contributed by atoms with Crippen molar-refractivity contribution in [2.24, 2.45) is 0 Å². The van der Waals surface area contributed by atoms with E-state index in [2.05, 4.69) is 146 Å². The maximum Gasteiger partial charge on any atom is 0.337 e. The zero-order valence-electron chi connectivity index (χ0n) is 23.7. The van der Waals surface area contributed by atoms with Gasteiger partial charge in [-0.1, -0.05) is 47.1 Å². The fraction of sp³-hybridized carbons (Fsp3) is 0.0263. The van der Waals surface area contributed by atoms with Crippen molar-refractivity contribution in [3.63, 3.8) is 0 Å². The van der Waals surface area contributed by atoms with Crippen LogP contribution in [0.5, 0.6) is 11.5 Å². The molecule has 7 heterocycles. The first kappa shape index (κ1) is 22.7. The summed E-state index contributed by atoms with van der Waals surface area (Å²) in [6.45, 7) is 0. The van der Waals surface area contributed by atoms with Crippen LogP contribution >= 0.6 is 11.3 Å². The Morgan fingerprint density at radius 3 is 2.51 bits per heavy atom. The van der Waals surface area contributed by atoms with E-state index >= 15 is 0 Å². The quantitative estimate of drug-likeness (QED) is 0.183. The smallest absolute Gasteiger partial charge is 0.337 e. The molecule has 1 atom stereocenters. The van der Waals surface area contributed by atoms with E-state index in [1.165, 1.54) is 42.0 Å². The van der Waals surface area contributed by atoms with Crippen molar-refractivity contribution in [1.82, 2.24) is 14.5 Å². The van der Waals surface area contributed by atoms with Gasteiger partial charge < -0.3 is 4.74 Å². The molecule has 6 nitrogen and oxygen atoms in total. The molecule has 0 radical (unpaired) electrons. The number of fused-ring (bicyclic) bond motifs is 10. The van der Waals surface area contributed by atoms with Crippen LogP contribution in [0.3, 0.4) is 0 Å². The maximum atomic E-state index is 6.76. The lowest BCUT2D eigenvalue weighted by Crippen LogP contribution is -2.76. The number of para-hydroxylation sites is 1. The van der Waals surface area contributed by atoms with Crippen LogP contribution in [0.2, 0.25) is 0 Å². The van der Waals surface area contributed by atoms with Gasteiger partial charge in [0.05, 0.1) is 11.3 Å². The standard InChI is InChI=1S/C38H21N5OS/c1-3-10-28-23(8-1)25-16-17-31-36-37(25)42(28)34-14-5-6-19-40(34)38(36)35-29(11-7-12-30(35)44-31)43-39-27(21-41(38)43)22-15-18-33-26(20-22)24-9-2-4-13-32(24)45-33/h1-21H/q+2. The summed E-state index contributed by atoms with van der Waals surface area (Å²) in [6, 6.07) is 41.3. The van der Waals surface area contributed by atoms with Crippen molar-refractivity contribution in [2.45, 2.75) is 5.66 Å². The lowest BCUT2D eigenvalue weighted by atomic mass is 9.84. The van der Waals surface area contributed by atoms with Crippen molar-refractivity contribution in [3.8, 4) is 34.3 Å². The number of rotatable bonds is 1. The zero-order valence-corrected chi connectivity index (χ0v) is 24.5. The molecule has 0 fully saturated rings. The molecule has 0 N–H and O–H groups in total. The van der Waals surface area contributed by atoms with E-state index in [0.717, 1.165) is 45.4 Å². The van der Waals surface area contributed by atoms with E-state index in [1.54, 1.807) is 0 Å². The highest BCUT2D eigenvalue weighted by Crippen LogP contribution is 2.55. The molecule has 12 rings (SSSR count). The molecular formula is C38H21N5OS+2. The summed E-state index contributed by atoms with van der Waals surface area (Å²) in [5.41, 5.74) is 6.93. The summed E-state index contributed by atoms with van der Waals surface area (Å²) in [4.78, 5) is 2.09. The van der Waals surface area contributed by atoms with Crippen molar-refractivity contribution >= 4 is 53.3 Å². The van der Waals surface area contributed by atoms with Crippen LogP contribution < -0.4 is 14.0 Å². The normalized spacial score (nSPS) is 16.7. The number of pyridine rings is 1.